The van der Waals surface area contributed by atoms with E-state index in [0.717, 1.165) is 11.3 Å². The van der Waals surface area contributed by atoms with Crippen molar-refractivity contribution in [1.82, 2.24) is 9.78 Å². The fourth-order valence-corrected chi connectivity index (χ4v) is 1.87. The van der Waals surface area contributed by atoms with Gasteiger partial charge in [0, 0.05) is 23.9 Å². The molecule has 0 aliphatic carbocycles. The first kappa shape index (κ1) is 10.7. The number of nitrogen functional groups attached to an aromatic ring is 1. The van der Waals surface area contributed by atoms with Crippen LogP contribution in [0, 0.1) is 0 Å². The summed E-state index contributed by atoms with van der Waals surface area (Å²) in [7, 11) is 1.97. The average molecular weight is 215 g/mol. The third kappa shape index (κ3) is 1.81. The van der Waals surface area contributed by atoms with Crippen LogP contribution in [0.5, 0.6) is 0 Å². The minimum atomic E-state index is 0.473. The lowest BCUT2D eigenvalue weighted by Crippen LogP contribution is -1.97. The molecule has 16 heavy (non-hydrogen) atoms. The first-order valence-corrected chi connectivity index (χ1v) is 5.47. The Hall–Kier alpha value is -1.77. The Balaban J connectivity index is 2.54. The molecule has 1 aromatic carbocycles. The van der Waals surface area contributed by atoms with Crippen LogP contribution < -0.4 is 5.73 Å². The molecule has 0 bridgehead atoms. The molecule has 3 heteroatoms. The van der Waals surface area contributed by atoms with E-state index in [2.05, 4.69) is 18.9 Å². The maximum Gasteiger partial charge on any atom is 0.0713 e. The number of benzene rings is 1. The van der Waals surface area contributed by atoms with E-state index in [1.807, 2.05) is 42.2 Å². The van der Waals surface area contributed by atoms with Crippen LogP contribution in [-0.4, -0.2) is 9.78 Å². The second-order valence-electron chi connectivity index (χ2n) is 4.35. The number of nitrogens with zero attached hydrogens (tertiary/aromatic N) is 2. The summed E-state index contributed by atoms with van der Waals surface area (Å²) in [6, 6.07) is 7.93. The summed E-state index contributed by atoms with van der Waals surface area (Å²) < 4.78 is 1.92. The SMILES string of the molecule is CC(C)c1cnn(C)c1-c1ccc(N)cc1. The second kappa shape index (κ2) is 4.00. The van der Waals surface area contributed by atoms with Gasteiger partial charge in [0.2, 0.25) is 0 Å². The van der Waals surface area contributed by atoms with Crippen LogP contribution in [0.15, 0.2) is 30.5 Å². The van der Waals surface area contributed by atoms with E-state index in [9.17, 15) is 0 Å². The highest BCUT2D eigenvalue weighted by Crippen LogP contribution is 2.28. The Morgan fingerprint density at radius 2 is 1.81 bits per heavy atom. The number of hydrogen-bond acceptors (Lipinski definition) is 2. The highest BCUT2D eigenvalue weighted by molar-refractivity contribution is 5.66. The summed E-state index contributed by atoms with van der Waals surface area (Å²) in [6.07, 6.45) is 1.94. The Morgan fingerprint density at radius 1 is 1.19 bits per heavy atom. The first-order chi connectivity index (χ1) is 7.59. The molecule has 0 saturated heterocycles. The molecule has 84 valence electrons. The van der Waals surface area contributed by atoms with Gasteiger partial charge in [-0.05, 0) is 18.1 Å². The third-order valence-electron chi connectivity index (χ3n) is 2.77. The average Bonchev–Trinajstić information content (AvgIpc) is 2.62. The standard InChI is InChI=1S/C13H17N3/c1-9(2)12-8-15-16(3)13(12)10-4-6-11(14)7-5-10/h4-9H,14H2,1-3H3. The van der Waals surface area contributed by atoms with Crippen molar-refractivity contribution in [1.29, 1.82) is 0 Å². The van der Waals surface area contributed by atoms with Crippen molar-refractivity contribution in [3.8, 4) is 11.3 Å². The van der Waals surface area contributed by atoms with Crippen LogP contribution >= 0.6 is 0 Å². The van der Waals surface area contributed by atoms with Gasteiger partial charge in [-0.25, -0.2) is 0 Å². The van der Waals surface area contributed by atoms with Crippen LogP contribution in [-0.2, 0) is 7.05 Å². The lowest BCUT2D eigenvalue weighted by atomic mass is 9.99. The van der Waals surface area contributed by atoms with E-state index in [1.54, 1.807) is 0 Å². The van der Waals surface area contributed by atoms with Crippen LogP contribution in [0.3, 0.4) is 0 Å². The van der Waals surface area contributed by atoms with Crippen LogP contribution in [0.25, 0.3) is 11.3 Å². The molecular formula is C13H17N3. The molecule has 0 aliphatic rings. The Labute approximate surface area is 95.9 Å². The van der Waals surface area contributed by atoms with Crippen molar-refractivity contribution in [3.05, 3.63) is 36.0 Å². The van der Waals surface area contributed by atoms with Gasteiger partial charge in [0.1, 0.15) is 0 Å². The largest absolute Gasteiger partial charge is 0.399 e. The van der Waals surface area contributed by atoms with Crippen molar-refractivity contribution < 1.29 is 0 Å². The van der Waals surface area contributed by atoms with Gasteiger partial charge >= 0.3 is 0 Å². The zero-order valence-electron chi connectivity index (χ0n) is 9.94. The van der Waals surface area contributed by atoms with Crippen molar-refractivity contribution in [3.63, 3.8) is 0 Å². The van der Waals surface area contributed by atoms with E-state index in [4.69, 9.17) is 5.73 Å². The molecule has 2 rings (SSSR count). The second-order valence-corrected chi connectivity index (χ2v) is 4.35. The topological polar surface area (TPSA) is 43.8 Å². The van der Waals surface area contributed by atoms with Gasteiger partial charge < -0.3 is 5.73 Å². The maximum atomic E-state index is 5.69. The summed E-state index contributed by atoms with van der Waals surface area (Å²) in [6.45, 7) is 4.36. The Kier molecular flexibility index (Phi) is 2.69. The molecule has 3 nitrogen and oxygen atoms in total. The Bertz CT molecular complexity index is 480. The molecule has 0 aliphatic heterocycles. The summed E-state index contributed by atoms with van der Waals surface area (Å²) in [5.41, 5.74) is 10.1. The number of nitrogens with two attached hydrogens (primary N) is 1. The highest BCUT2D eigenvalue weighted by atomic mass is 15.3. The van der Waals surface area contributed by atoms with Crippen molar-refractivity contribution in [2.24, 2.45) is 7.05 Å². The summed E-state index contributed by atoms with van der Waals surface area (Å²) >= 11 is 0. The van der Waals surface area contributed by atoms with Crippen LogP contribution in [0.1, 0.15) is 25.3 Å². The van der Waals surface area contributed by atoms with Gasteiger partial charge in [-0.1, -0.05) is 26.0 Å². The van der Waals surface area contributed by atoms with Crippen molar-refractivity contribution in [2.75, 3.05) is 5.73 Å². The van der Waals surface area contributed by atoms with E-state index in [1.165, 1.54) is 11.3 Å². The molecule has 0 radical (unpaired) electrons. The molecule has 2 aromatic rings. The molecule has 0 fully saturated rings. The monoisotopic (exact) mass is 215 g/mol. The quantitative estimate of drug-likeness (QED) is 0.783. The van der Waals surface area contributed by atoms with Gasteiger partial charge in [-0.2, -0.15) is 5.10 Å². The number of hydrogen-bond donors (Lipinski definition) is 1. The van der Waals surface area contributed by atoms with E-state index in [0.29, 0.717) is 5.92 Å². The third-order valence-corrected chi connectivity index (χ3v) is 2.77. The van der Waals surface area contributed by atoms with Crippen LogP contribution in [0.4, 0.5) is 5.69 Å². The van der Waals surface area contributed by atoms with Crippen molar-refractivity contribution in [2.45, 2.75) is 19.8 Å². The molecule has 0 spiro atoms. The van der Waals surface area contributed by atoms with Gasteiger partial charge in [-0.3, -0.25) is 4.68 Å². The van der Waals surface area contributed by atoms with Gasteiger partial charge in [-0.15, -0.1) is 0 Å². The predicted octanol–water partition coefficient (Wildman–Crippen LogP) is 2.79. The van der Waals surface area contributed by atoms with E-state index < -0.39 is 0 Å². The smallest absolute Gasteiger partial charge is 0.0713 e. The van der Waals surface area contributed by atoms with Gasteiger partial charge in [0.15, 0.2) is 0 Å². The lowest BCUT2D eigenvalue weighted by Gasteiger charge is -2.09. The van der Waals surface area contributed by atoms with Crippen molar-refractivity contribution >= 4 is 5.69 Å². The molecule has 2 N–H and O–H groups in total. The fourth-order valence-electron chi connectivity index (χ4n) is 1.87. The first-order valence-electron chi connectivity index (χ1n) is 5.47. The Morgan fingerprint density at radius 3 is 2.38 bits per heavy atom. The molecule has 0 atom stereocenters. The summed E-state index contributed by atoms with van der Waals surface area (Å²) in [4.78, 5) is 0. The zero-order chi connectivity index (χ0) is 11.7. The molecular weight excluding hydrogens is 198 g/mol. The highest BCUT2D eigenvalue weighted by Gasteiger charge is 2.13. The maximum absolute atomic E-state index is 5.69. The minimum absolute atomic E-state index is 0.473. The number of rotatable bonds is 2. The van der Waals surface area contributed by atoms with Crippen LogP contribution in [0.2, 0.25) is 0 Å². The van der Waals surface area contributed by atoms with Gasteiger partial charge in [0.05, 0.1) is 11.9 Å². The lowest BCUT2D eigenvalue weighted by molar-refractivity contribution is 0.774. The molecule has 0 unspecified atom stereocenters. The number of aryl methyl sites for hydroxylation is 1. The fraction of sp³-hybridized carbons (Fsp3) is 0.308. The molecule has 1 aromatic heterocycles. The molecule has 1 heterocycles. The normalized spacial score (nSPS) is 11.0. The minimum Gasteiger partial charge on any atom is -0.399 e. The molecule has 0 saturated carbocycles. The number of aromatic nitrogens is 2. The van der Waals surface area contributed by atoms with Gasteiger partial charge in [0.25, 0.3) is 0 Å². The number of anilines is 1. The zero-order valence-corrected chi connectivity index (χ0v) is 9.94. The predicted molar refractivity (Wildman–Crippen MR) is 67.1 cm³/mol. The van der Waals surface area contributed by atoms with E-state index in [-0.39, 0.29) is 0 Å². The van der Waals surface area contributed by atoms with E-state index >= 15 is 0 Å². The summed E-state index contributed by atoms with van der Waals surface area (Å²) in [5, 5.41) is 4.32. The molecule has 0 amide bonds. The summed E-state index contributed by atoms with van der Waals surface area (Å²) in [5.74, 6) is 0.473.